The van der Waals surface area contributed by atoms with Gasteiger partial charge in [-0.15, -0.1) is 0 Å². The molecule has 76 valence electrons. The van der Waals surface area contributed by atoms with Crippen LogP contribution >= 0.6 is 0 Å². The molecule has 1 rings (SSSR count). The number of hydrogen-bond donors (Lipinski definition) is 1. The minimum Gasteiger partial charge on any atom is -0.508 e. The SMILES string of the molecule is CCc1c(O)cccc1C(=O)N(C)C. The molecule has 3 nitrogen and oxygen atoms in total. The molecule has 0 aromatic heterocycles. The monoisotopic (exact) mass is 193 g/mol. The molecule has 0 fully saturated rings. The summed E-state index contributed by atoms with van der Waals surface area (Å²) >= 11 is 0. The zero-order valence-electron chi connectivity index (χ0n) is 8.74. The van der Waals surface area contributed by atoms with Gasteiger partial charge in [0.1, 0.15) is 5.75 Å². The van der Waals surface area contributed by atoms with Gasteiger partial charge in [0.15, 0.2) is 0 Å². The molecule has 1 aromatic carbocycles. The lowest BCUT2D eigenvalue weighted by atomic mass is 10.0. The zero-order chi connectivity index (χ0) is 10.7. The van der Waals surface area contributed by atoms with E-state index in [1.165, 1.54) is 4.90 Å². The molecule has 3 heteroatoms. The Bertz CT molecular complexity index is 345. The summed E-state index contributed by atoms with van der Waals surface area (Å²) in [5.41, 5.74) is 1.30. The Morgan fingerprint density at radius 3 is 2.57 bits per heavy atom. The van der Waals surface area contributed by atoms with Crippen molar-refractivity contribution in [2.45, 2.75) is 13.3 Å². The number of rotatable bonds is 2. The zero-order valence-corrected chi connectivity index (χ0v) is 8.74. The number of carbonyl (C=O) groups excluding carboxylic acids is 1. The molecule has 0 aliphatic carbocycles. The second kappa shape index (κ2) is 4.13. The molecule has 1 N–H and O–H groups in total. The van der Waals surface area contributed by atoms with Crippen LogP contribution in [0.2, 0.25) is 0 Å². The topological polar surface area (TPSA) is 40.5 Å². The van der Waals surface area contributed by atoms with E-state index in [1.807, 2.05) is 6.92 Å². The van der Waals surface area contributed by atoms with E-state index in [0.29, 0.717) is 17.5 Å². The van der Waals surface area contributed by atoms with E-state index in [1.54, 1.807) is 32.3 Å². The molecule has 0 aliphatic heterocycles. The maximum atomic E-state index is 11.7. The first-order valence-corrected chi connectivity index (χ1v) is 4.60. The highest BCUT2D eigenvalue weighted by Crippen LogP contribution is 2.22. The van der Waals surface area contributed by atoms with E-state index in [2.05, 4.69) is 0 Å². The van der Waals surface area contributed by atoms with Crippen molar-refractivity contribution < 1.29 is 9.90 Å². The number of phenols is 1. The first kappa shape index (κ1) is 10.6. The lowest BCUT2D eigenvalue weighted by Gasteiger charge is -2.13. The Morgan fingerprint density at radius 1 is 1.43 bits per heavy atom. The van der Waals surface area contributed by atoms with Gasteiger partial charge in [-0.3, -0.25) is 4.79 Å². The van der Waals surface area contributed by atoms with Crippen LogP contribution in [0.5, 0.6) is 5.75 Å². The number of aromatic hydroxyl groups is 1. The minimum atomic E-state index is -0.0715. The lowest BCUT2D eigenvalue weighted by Crippen LogP contribution is -2.22. The molecule has 0 aliphatic rings. The van der Waals surface area contributed by atoms with Crippen molar-refractivity contribution >= 4 is 5.91 Å². The average Bonchev–Trinajstić information content (AvgIpc) is 2.16. The fraction of sp³-hybridized carbons (Fsp3) is 0.364. The van der Waals surface area contributed by atoms with Crippen molar-refractivity contribution in [3.05, 3.63) is 29.3 Å². The third-order valence-electron chi connectivity index (χ3n) is 2.14. The highest BCUT2D eigenvalue weighted by molar-refractivity contribution is 5.96. The van der Waals surface area contributed by atoms with Crippen LogP contribution in [-0.4, -0.2) is 30.0 Å². The lowest BCUT2D eigenvalue weighted by molar-refractivity contribution is 0.0826. The summed E-state index contributed by atoms with van der Waals surface area (Å²) in [4.78, 5) is 13.2. The van der Waals surface area contributed by atoms with Gasteiger partial charge in [-0.2, -0.15) is 0 Å². The fourth-order valence-electron chi connectivity index (χ4n) is 1.39. The Kier molecular flexibility index (Phi) is 3.12. The Labute approximate surface area is 84.0 Å². The van der Waals surface area contributed by atoms with E-state index >= 15 is 0 Å². The second-order valence-electron chi connectivity index (χ2n) is 3.36. The number of carbonyl (C=O) groups is 1. The summed E-state index contributed by atoms with van der Waals surface area (Å²) in [6.45, 7) is 1.92. The second-order valence-corrected chi connectivity index (χ2v) is 3.36. The van der Waals surface area contributed by atoms with E-state index in [4.69, 9.17) is 0 Å². The molecule has 0 saturated heterocycles. The highest BCUT2D eigenvalue weighted by atomic mass is 16.3. The molecule has 0 saturated carbocycles. The van der Waals surface area contributed by atoms with E-state index in [0.717, 1.165) is 0 Å². The number of phenolic OH excluding ortho intramolecular Hbond substituents is 1. The molecule has 0 atom stereocenters. The van der Waals surface area contributed by atoms with Crippen molar-refractivity contribution in [3.8, 4) is 5.75 Å². The summed E-state index contributed by atoms with van der Waals surface area (Å²) in [5.74, 6) is 0.123. The number of nitrogens with zero attached hydrogens (tertiary/aromatic N) is 1. The summed E-state index contributed by atoms with van der Waals surface area (Å²) in [6.07, 6.45) is 0.654. The molecule has 0 radical (unpaired) electrons. The first-order chi connectivity index (χ1) is 6.57. The third kappa shape index (κ3) is 1.87. The fourth-order valence-corrected chi connectivity index (χ4v) is 1.39. The van der Waals surface area contributed by atoms with Crippen LogP contribution in [-0.2, 0) is 6.42 Å². The van der Waals surface area contributed by atoms with Crippen molar-refractivity contribution in [2.75, 3.05) is 14.1 Å². The number of hydrogen-bond acceptors (Lipinski definition) is 2. The molecule has 1 aromatic rings. The van der Waals surface area contributed by atoms with Crippen LogP contribution in [0.1, 0.15) is 22.8 Å². The van der Waals surface area contributed by atoms with Gasteiger partial charge in [0.2, 0.25) is 0 Å². The Morgan fingerprint density at radius 2 is 2.07 bits per heavy atom. The molecular weight excluding hydrogens is 178 g/mol. The van der Waals surface area contributed by atoms with Gasteiger partial charge in [0, 0.05) is 25.2 Å². The van der Waals surface area contributed by atoms with Gasteiger partial charge in [0.25, 0.3) is 5.91 Å². The van der Waals surface area contributed by atoms with Crippen LogP contribution in [0.3, 0.4) is 0 Å². The Balaban J connectivity index is 3.20. The van der Waals surface area contributed by atoms with E-state index < -0.39 is 0 Å². The summed E-state index contributed by atoms with van der Waals surface area (Å²) in [7, 11) is 3.40. The summed E-state index contributed by atoms with van der Waals surface area (Å²) in [5, 5.41) is 9.55. The van der Waals surface area contributed by atoms with Gasteiger partial charge in [-0.25, -0.2) is 0 Å². The van der Waals surface area contributed by atoms with Crippen LogP contribution in [0, 0.1) is 0 Å². The molecule has 0 heterocycles. The van der Waals surface area contributed by atoms with Crippen molar-refractivity contribution in [1.82, 2.24) is 4.90 Å². The van der Waals surface area contributed by atoms with Gasteiger partial charge in [0.05, 0.1) is 0 Å². The maximum absolute atomic E-state index is 11.7. The highest BCUT2D eigenvalue weighted by Gasteiger charge is 2.14. The van der Waals surface area contributed by atoms with Gasteiger partial charge in [-0.1, -0.05) is 13.0 Å². The molecule has 14 heavy (non-hydrogen) atoms. The predicted molar refractivity (Wildman–Crippen MR) is 55.5 cm³/mol. The van der Waals surface area contributed by atoms with Crippen LogP contribution < -0.4 is 0 Å². The normalized spacial score (nSPS) is 9.93. The van der Waals surface area contributed by atoms with Gasteiger partial charge < -0.3 is 10.0 Å². The Hall–Kier alpha value is -1.51. The van der Waals surface area contributed by atoms with Crippen LogP contribution in [0.4, 0.5) is 0 Å². The van der Waals surface area contributed by atoms with Crippen LogP contribution in [0.25, 0.3) is 0 Å². The summed E-state index contributed by atoms with van der Waals surface area (Å²) in [6, 6.07) is 5.03. The van der Waals surface area contributed by atoms with Crippen molar-refractivity contribution in [3.63, 3.8) is 0 Å². The molecule has 1 amide bonds. The minimum absolute atomic E-state index is 0.0715. The standard InChI is InChI=1S/C11H15NO2/c1-4-8-9(11(14)12(2)3)6-5-7-10(8)13/h5-7,13H,4H2,1-3H3. The molecule has 0 bridgehead atoms. The molecular formula is C11H15NO2. The number of amides is 1. The predicted octanol–water partition coefficient (Wildman–Crippen LogP) is 1.66. The quantitative estimate of drug-likeness (QED) is 0.776. The first-order valence-electron chi connectivity index (χ1n) is 4.60. The molecule has 0 unspecified atom stereocenters. The van der Waals surface area contributed by atoms with Crippen LogP contribution in [0.15, 0.2) is 18.2 Å². The molecule has 0 spiro atoms. The van der Waals surface area contributed by atoms with E-state index in [9.17, 15) is 9.90 Å². The maximum Gasteiger partial charge on any atom is 0.253 e. The largest absolute Gasteiger partial charge is 0.508 e. The smallest absolute Gasteiger partial charge is 0.253 e. The van der Waals surface area contributed by atoms with E-state index in [-0.39, 0.29) is 11.7 Å². The average molecular weight is 193 g/mol. The van der Waals surface area contributed by atoms with Crippen molar-refractivity contribution in [2.24, 2.45) is 0 Å². The third-order valence-corrected chi connectivity index (χ3v) is 2.14. The summed E-state index contributed by atoms with van der Waals surface area (Å²) < 4.78 is 0. The van der Waals surface area contributed by atoms with Gasteiger partial charge >= 0.3 is 0 Å². The number of benzene rings is 1. The van der Waals surface area contributed by atoms with Crippen molar-refractivity contribution in [1.29, 1.82) is 0 Å². The van der Waals surface area contributed by atoms with Gasteiger partial charge in [-0.05, 0) is 18.6 Å².